The molecule has 4 rings (SSSR count). The van der Waals surface area contributed by atoms with Crippen molar-refractivity contribution in [1.29, 1.82) is 0 Å². The molecule has 0 aliphatic carbocycles. The summed E-state index contributed by atoms with van der Waals surface area (Å²) in [7, 11) is -8.47. The first-order valence-electron chi connectivity index (χ1n) is 12.6. The van der Waals surface area contributed by atoms with Crippen LogP contribution in [0.2, 0.25) is 0 Å². The monoisotopic (exact) mass is 584 g/mol. The van der Waals surface area contributed by atoms with Gasteiger partial charge in [-0.05, 0) is 70.8 Å². The zero-order chi connectivity index (χ0) is 29.3. The highest BCUT2D eigenvalue weighted by atomic mass is 31.2. The quantitative estimate of drug-likeness (QED) is 0.137. The molecule has 0 spiro atoms. The van der Waals surface area contributed by atoms with Gasteiger partial charge in [0.2, 0.25) is 0 Å². The maximum absolute atomic E-state index is 14.4. The molecule has 0 aliphatic heterocycles. The van der Waals surface area contributed by atoms with E-state index < -0.39 is 21.1 Å². The second-order valence-corrected chi connectivity index (χ2v) is 13.1. The van der Waals surface area contributed by atoms with Crippen LogP contribution in [0.5, 0.6) is 23.0 Å². The Morgan fingerprint density at radius 3 is 0.780 bits per heavy atom. The average Bonchev–Trinajstić information content (AvgIpc) is 2.98. The Morgan fingerprint density at radius 2 is 0.610 bits per heavy atom. The number of rotatable bonds is 14. The van der Waals surface area contributed by atoms with E-state index in [-0.39, 0.29) is 23.0 Å². The van der Waals surface area contributed by atoms with E-state index in [1.807, 2.05) is 0 Å². The third-order valence-corrected chi connectivity index (χ3v) is 10.5. The topological polar surface area (TPSA) is 71.1 Å². The van der Waals surface area contributed by atoms with Crippen LogP contribution in [0.1, 0.15) is 22.3 Å². The van der Waals surface area contributed by atoms with E-state index in [0.29, 0.717) is 0 Å². The fourth-order valence-corrected chi connectivity index (χ4v) is 8.13. The minimum Gasteiger partial charge on any atom is -0.416 e. The van der Waals surface area contributed by atoms with Crippen LogP contribution in [0.15, 0.2) is 123 Å². The molecule has 0 saturated carbocycles. The first kappa shape index (κ1) is 29.5. The summed E-state index contributed by atoms with van der Waals surface area (Å²) in [5.41, 5.74) is 3.38. The Hall–Kier alpha value is -4.50. The fraction of sp³-hybridized carbons (Fsp3) is 0.0303. The van der Waals surface area contributed by atoms with E-state index in [2.05, 4.69) is 26.3 Å². The molecule has 0 amide bonds. The van der Waals surface area contributed by atoms with Crippen molar-refractivity contribution in [3.8, 4) is 23.0 Å². The lowest BCUT2D eigenvalue weighted by Gasteiger charge is -2.25. The van der Waals surface area contributed by atoms with Crippen molar-refractivity contribution < 1.29 is 27.2 Å². The van der Waals surface area contributed by atoms with Gasteiger partial charge < -0.3 is 18.1 Å². The van der Waals surface area contributed by atoms with Crippen molar-refractivity contribution in [3.05, 3.63) is 146 Å². The molecule has 41 heavy (non-hydrogen) atoms. The van der Waals surface area contributed by atoms with Crippen LogP contribution in [0.25, 0.3) is 24.3 Å². The third-order valence-electron chi connectivity index (χ3n) is 5.79. The SMILES string of the molecule is C=Cc1ccc(OP(=O)(CP(=O)(Oc2ccc(C=C)cc2)Oc2ccc(C=C)cc2)Oc2ccc(C=C)cc2)cc1. The van der Waals surface area contributed by atoms with E-state index in [4.69, 9.17) is 18.1 Å². The first-order chi connectivity index (χ1) is 19.7. The molecule has 0 saturated heterocycles. The highest BCUT2D eigenvalue weighted by Crippen LogP contribution is 2.63. The van der Waals surface area contributed by atoms with E-state index >= 15 is 0 Å². The molecule has 4 aromatic rings. The molecule has 208 valence electrons. The lowest BCUT2D eigenvalue weighted by Crippen LogP contribution is -2.12. The highest BCUT2D eigenvalue weighted by molar-refractivity contribution is 7.72. The molecule has 0 atom stereocenters. The lowest BCUT2D eigenvalue weighted by molar-refractivity contribution is 0.370. The average molecular weight is 585 g/mol. The van der Waals surface area contributed by atoms with Gasteiger partial charge >= 0.3 is 15.2 Å². The molecule has 0 N–H and O–H groups in total. The van der Waals surface area contributed by atoms with Gasteiger partial charge in [-0.25, -0.2) is 9.13 Å². The van der Waals surface area contributed by atoms with Gasteiger partial charge in [0.15, 0.2) is 5.90 Å². The van der Waals surface area contributed by atoms with Crippen LogP contribution in [-0.2, 0) is 9.13 Å². The van der Waals surface area contributed by atoms with Crippen LogP contribution in [0.4, 0.5) is 0 Å². The number of hydrogen-bond donors (Lipinski definition) is 0. The summed E-state index contributed by atoms with van der Waals surface area (Å²) >= 11 is 0. The van der Waals surface area contributed by atoms with Gasteiger partial charge in [0.25, 0.3) is 0 Å². The number of hydrogen-bond acceptors (Lipinski definition) is 6. The van der Waals surface area contributed by atoms with E-state index in [1.54, 1.807) is 121 Å². The van der Waals surface area contributed by atoms with Crippen molar-refractivity contribution in [1.82, 2.24) is 0 Å². The van der Waals surface area contributed by atoms with Gasteiger partial charge in [0.05, 0.1) is 0 Å². The Kier molecular flexibility index (Phi) is 9.52. The molecule has 0 aliphatic rings. The molecular formula is C33H30O6P2. The van der Waals surface area contributed by atoms with E-state index in [1.165, 1.54) is 0 Å². The molecule has 0 aromatic heterocycles. The summed E-state index contributed by atoms with van der Waals surface area (Å²) in [5, 5.41) is 0. The lowest BCUT2D eigenvalue weighted by atomic mass is 10.2. The van der Waals surface area contributed by atoms with Gasteiger partial charge in [0.1, 0.15) is 23.0 Å². The van der Waals surface area contributed by atoms with Crippen molar-refractivity contribution >= 4 is 39.5 Å². The van der Waals surface area contributed by atoms with Crippen LogP contribution < -0.4 is 18.1 Å². The smallest absolute Gasteiger partial charge is 0.416 e. The normalized spacial score (nSPS) is 11.1. The standard InChI is InChI=1S/C33H30O6P2/c1-5-26-9-17-30(18-10-26)36-40(34,37-31-19-11-27(6-2)12-20-31)25-41(35,38-32-21-13-28(7-3)14-22-32)39-33-23-15-29(8-4)16-24-33/h5-24H,1-4,25H2. The fourth-order valence-electron chi connectivity index (χ4n) is 3.67. The summed E-state index contributed by atoms with van der Waals surface area (Å²) in [6.07, 6.45) is 6.69. The van der Waals surface area contributed by atoms with Gasteiger partial charge in [-0.1, -0.05) is 99.2 Å². The minimum absolute atomic E-state index is 0.249. The Labute approximate surface area is 241 Å². The van der Waals surface area contributed by atoms with Crippen LogP contribution in [0.3, 0.4) is 0 Å². The zero-order valence-electron chi connectivity index (χ0n) is 22.4. The van der Waals surface area contributed by atoms with Crippen LogP contribution in [0, 0.1) is 0 Å². The molecule has 6 nitrogen and oxygen atoms in total. The zero-order valence-corrected chi connectivity index (χ0v) is 24.2. The van der Waals surface area contributed by atoms with Crippen LogP contribution >= 0.6 is 15.2 Å². The molecule has 8 heteroatoms. The molecule has 4 aromatic carbocycles. The van der Waals surface area contributed by atoms with Crippen molar-refractivity contribution in [2.45, 2.75) is 0 Å². The van der Waals surface area contributed by atoms with Gasteiger partial charge in [0, 0.05) is 0 Å². The molecule has 0 unspecified atom stereocenters. The predicted octanol–water partition coefficient (Wildman–Crippen LogP) is 10.2. The van der Waals surface area contributed by atoms with Crippen molar-refractivity contribution in [2.75, 3.05) is 5.90 Å². The van der Waals surface area contributed by atoms with Crippen molar-refractivity contribution in [3.63, 3.8) is 0 Å². The third kappa shape index (κ3) is 8.25. The summed E-state index contributed by atoms with van der Waals surface area (Å²) in [6.45, 7) is 15.0. The minimum atomic E-state index is -4.23. The Bertz CT molecular complexity index is 1370. The number of benzene rings is 4. The summed E-state index contributed by atoms with van der Waals surface area (Å²) in [5.74, 6) is 0.300. The largest absolute Gasteiger partial charge is 0.445 e. The predicted molar refractivity (Wildman–Crippen MR) is 169 cm³/mol. The molecule has 0 radical (unpaired) electrons. The van der Waals surface area contributed by atoms with Gasteiger partial charge in [-0.15, -0.1) is 0 Å². The van der Waals surface area contributed by atoms with Gasteiger partial charge in [-0.2, -0.15) is 0 Å². The van der Waals surface area contributed by atoms with E-state index in [9.17, 15) is 9.13 Å². The van der Waals surface area contributed by atoms with Crippen molar-refractivity contribution in [2.24, 2.45) is 0 Å². The first-order valence-corrected chi connectivity index (χ1v) is 16.1. The summed E-state index contributed by atoms with van der Waals surface area (Å²) in [4.78, 5) is 0. The Morgan fingerprint density at radius 1 is 0.415 bits per heavy atom. The highest BCUT2D eigenvalue weighted by Gasteiger charge is 2.44. The second kappa shape index (κ2) is 13.2. The molecular weight excluding hydrogens is 554 g/mol. The molecule has 0 heterocycles. The Balaban J connectivity index is 1.72. The van der Waals surface area contributed by atoms with Crippen LogP contribution in [-0.4, -0.2) is 5.90 Å². The maximum Gasteiger partial charge on any atom is 0.445 e. The van der Waals surface area contributed by atoms with E-state index in [0.717, 1.165) is 22.3 Å². The molecule has 0 bridgehead atoms. The summed E-state index contributed by atoms with van der Waals surface area (Å²) in [6, 6.07) is 27.0. The molecule has 0 fully saturated rings. The van der Waals surface area contributed by atoms with Gasteiger partial charge in [-0.3, -0.25) is 0 Å². The maximum atomic E-state index is 14.4. The summed E-state index contributed by atoms with van der Waals surface area (Å²) < 4.78 is 52.5. The second-order valence-electron chi connectivity index (χ2n) is 8.82.